The lowest BCUT2D eigenvalue weighted by atomic mass is 10.3. The molecule has 11 heteroatoms. The molecule has 17 heavy (non-hydrogen) atoms. The van der Waals surface area contributed by atoms with Crippen LogP contribution in [0.2, 0.25) is 0 Å². The summed E-state index contributed by atoms with van der Waals surface area (Å²) in [6.07, 6.45) is -11.8. The van der Waals surface area contributed by atoms with E-state index in [2.05, 4.69) is 4.42 Å². The monoisotopic (exact) mass is 273 g/mol. The first-order valence-electron chi connectivity index (χ1n) is 3.56. The van der Waals surface area contributed by atoms with Crippen molar-refractivity contribution >= 4 is 0 Å². The van der Waals surface area contributed by atoms with Crippen molar-refractivity contribution < 1.29 is 43.9 Å². The van der Waals surface area contributed by atoms with E-state index in [-0.39, 0.29) is 0 Å². The van der Waals surface area contributed by atoms with E-state index < -0.39 is 35.9 Å². The molecule has 0 saturated carbocycles. The van der Waals surface area contributed by atoms with Crippen molar-refractivity contribution in [2.75, 3.05) is 0 Å². The fraction of sp³-hybridized carbons (Fsp3) is 0.500. The van der Waals surface area contributed by atoms with E-state index in [1.807, 2.05) is 0 Å². The Balaban J connectivity index is 3.28. The Labute approximate surface area is 86.0 Å². The van der Waals surface area contributed by atoms with Crippen LogP contribution in [-0.2, 0) is 12.1 Å². The molecule has 0 aliphatic heterocycles. The summed E-state index contributed by atoms with van der Waals surface area (Å²) in [6, 6.07) is -2.66. The number of oxazole rings is 1. The van der Waals surface area contributed by atoms with Gasteiger partial charge in [-0.25, -0.2) is 4.98 Å². The molecular weight excluding hydrogens is 273 g/mol. The summed E-state index contributed by atoms with van der Waals surface area (Å²) in [7, 11) is 0. The van der Waals surface area contributed by atoms with E-state index in [9.17, 15) is 39.5 Å². The van der Waals surface area contributed by atoms with Crippen LogP contribution in [0, 0.1) is 6.01 Å². The Hall–Kier alpha value is -1.42. The second-order valence-electron chi connectivity index (χ2n) is 2.71. The molecular formula is C6F9NO. The van der Waals surface area contributed by atoms with Gasteiger partial charge in [-0.05, 0) is 0 Å². The van der Waals surface area contributed by atoms with Gasteiger partial charge in [-0.1, -0.05) is 0 Å². The van der Waals surface area contributed by atoms with E-state index in [1.165, 1.54) is 0 Å². The first-order valence-corrected chi connectivity index (χ1v) is 3.56. The van der Waals surface area contributed by atoms with Crippen molar-refractivity contribution in [2.24, 2.45) is 0 Å². The van der Waals surface area contributed by atoms with Gasteiger partial charge < -0.3 is 4.42 Å². The molecule has 0 saturated heterocycles. The molecule has 1 heterocycles. The highest BCUT2D eigenvalue weighted by Crippen LogP contribution is 2.44. The molecule has 0 radical (unpaired) electrons. The molecule has 0 atom stereocenters. The minimum absolute atomic E-state index is 1.78. The molecule has 0 amide bonds. The van der Waals surface area contributed by atoms with Gasteiger partial charge in [0.15, 0.2) is 0 Å². The SMILES string of the molecule is Fc1oc(C(F)(F)C(F)(F)F)nc1C(F)(F)F. The van der Waals surface area contributed by atoms with Crippen molar-refractivity contribution in [3.05, 3.63) is 17.6 Å². The molecule has 0 spiro atoms. The van der Waals surface area contributed by atoms with Gasteiger partial charge in [0.25, 0.3) is 5.89 Å². The molecule has 0 aromatic carbocycles. The van der Waals surface area contributed by atoms with Crippen molar-refractivity contribution in [3.63, 3.8) is 0 Å². The number of rotatable bonds is 1. The van der Waals surface area contributed by atoms with Crippen LogP contribution < -0.4 is 0 Å². The van der Waals surface area contributed by atoms with Gasteiger partial charge in [-0.15, -0.1) is 0 Å². The Morgan fingerprint density at radius 2 is 1.35 bits per heavy atom. The Morgan fingerprint density at radius 3 is 1.65 bits per heavy atom. The van der Waals surface area contributed by atoms with Gasteiger partial charge in [0.05, 0.1) is 0 Å². The van der Waals surface area contributed by atoms with Crippen LogP contribution in [0.15, 0.2) is 4.42 Å². The number of halogens is 9. The van der Waals surface area contributed by atoms with E-state index in [0.29, 0.717) is 0 Å². The van der Waals surface area contributed by atoms with Gasteiger partial charge in [0, 0.05) is 0 Å². The third kappa shape index (κ3) is 2.31. The van der Waals surface area contributed by atoms with Crippen LogP contribution in [0.5, 0.6) is 0 Å². The predicted octanol–water partition coefficient (Wildman–Crippen LogP) is 3.49. The second-order valence-corrected chi connectivity index (χ2v) is 2.71. The van der Waals surface area contributed by atoms with E-state index in [0.717, 1.165) is 0 Å². The van der Waals surface area contributed by atoms with Crippen LogP contribution in [0.3, 0.4) is 0 Å². The summed E-state index contributed by atoms with van der Waals surface area (Å²) in [5.74, 6) is -8.51. The molecule has 98 valence electrons. The second kappa shape index (κ2) is 3.53. The zero-order valence-corrected chi connectivity index (χ0v) is 7.26. The average Bonchev–Trinajstić information content (AvgIpc) is 2.44. The van der Waals surface area contributed by atoms with Crippen molar-refractivity contribution in [1.82, 2.24) is 4.98 Å². The van der Waals surface area contributed by atoms with Gasteiger partial charge >= 0.3 is 24.3 Å². The van der Waals surface area contributed by atoms with E-state index in [4.69, 9.17) is 0 Å². The van der Waals surface area contributed by atoms with Crippen LogP contribution >= 0.6 is 0 Å². The smallest absolute Gasteiger partial charge is 0.408 e. The minimum atomic E-state index is -6.24. The zero-order valence-electron chi connectivity index (χ0n) is 7.26. The van der Waals surface area contributed by atoms with Crippen molar-refractivity contribution in [1.29, 1.82) is 0 Å². The molecule has 0 bridgehead atoms. The molecule has 2 nitrogen and oxygen atoms in total. The molecule has 0 fully saturated rings. The third-order valence-electron chi connectivity index (χ3n) is 1.48. The zero-order chi connectivity index (χ0) is 13.6. The Kier molecular flexibility index (Phi) is 2.84. The van der Waals surface area contributed by atoms with Gasteiger partial charge in [0.1, 0.15) is 0 Å². The molecule has 0 unspecified atom stereocenters. The lowest BCUT2D eigenvalue weighted by Crippen LogP contribution is -2.34. The molecule has 0 aliphatic carbocycles. The van der Waals surface area contributed by atoms with Crippen LogP contribution in [0.25, 0.3) is 0 Å². The summed E-state index contributed by atoms with van der Waals surface area (Å²) < 4.78 is 111. The number of hydrogen-bond acceptors (Lipinski definition) is 2. The van der Waals surface area contributed by atoms with E-state index in [1.54, 1.807) is 4.98 Å². The normalized spacial score (nSPS) is 14.2. The van der Waals surface area contributed by atoms with E-state index >= 15 is 0 Å². The molecule has 1 aromatic heterocycles. The maximum absolute atomic E-state index is 12.4. The van der Waals surface area contributed by atoms with Crippen LogP contribution in [-0.4, -0.2) is 11.2 Å². The highest BCUT2D eigenvalue weighted by atomic mass is 19.4. The number of hydrogen-bond donors (Lipinski definition) is 0. The summed E-state index contributed by atoms with van der Waals surface area (Å²) in [6.45, 7) is 0. The average molecular weight is 273 g/mol. The maximum Gasteiger partial charge on any atom is 0.463 e. The quantitative estimate of drug-likeness (QED) is 0.732. The van der Waals surface area contributed by atoms with Crippen LogP contribution in [0.1, 0.15) is 11.6 Å². The number of aromatic nitrogens is 1. The number of nitrogens with zero attached hydrogens (tertiary/aromatic N) is 1. The third-order valence-corrected chi connectivity index (χ3v) is 1.48. The first-order chi connectivity index (χ1) is 7.37. The van der Waals surface area contributed by atoms with Gasteiger partial charge in [-0.2, -0.15) is 39.5 Å². The highest BCUT2D eigenvalue weighted by Gasteiger charge is 2.63. The molecule has 0 aliphatic rings. The summed E-state index contributed by atoms with van der Waals surface area (Å²) in [4.78, 5) is 1.78. The Morgan fingerprint density at radius 1 is 0.882 bits per heavy atom. The summed E-state index contributed by atoms with van der Waals surface area (Å²) >= 11 is 0. The van der Waals surface area contributed by atoms with Crippen LogP contribution in [0.4, 0.5) is 39.5 Å². The lowest BCUT2D eigenvalue weighted by Gasteiger charge is -2.15. The fourth-order valence-electron chi connectivity index (χ4n) is 0.732. The number of alkyl halides is 8. The Bertz CT molecular complexity index is 414. The van der Waals surface area contributed by atoms with Gasteiger partial charge in [0.2, 0.25) is 5.69 Å². The van der Waals surface area contributed by atoms with Crippen molar-refractivity contribution in [3.8, 4) is 0 Å². The first kappa shape index (κ1) is 13.6. The molecule has 1 aromatic rings. The minimum Gasteiger partial charge on any atom is -0.408 e. The lowest BCUT2D eigenvalue weighted by molar-refractivity contribution is -0.298. The maximum atomic E-state index is 12.4. The van der Waals surface area contributed by atoms with Gasteiger partial charge in [-0.3, -0.25) is 0 Å². The highest BCUT2D eigenvalue weighted by molar-refractivity contribution is 5.08. The summed E-state index contributed by atoms with van der Waals surface area (Å²) in [5, 5.41) is 0. The predicted molar refractivity (Wildman–Crippen MR) is 31.4 cm³/mol. The molecule has 0 N–H and O–H groups in total. The van der Waals surface area contributed by atoms with Crippen molar-refractivity contribution in [2.45, 2.75) is 18.3 Å². The fourth-order valence-corrected chi connectivity index (χ4v) is 0.732. The largest absolute Gasteiger partial charge is 0.463 e. The standard InChI is InChI=1S/C6F9NO/c7-2-1(5(10,11)12)16-3(17-2)4(8,9)6(13,14)15. The topological polar surface area (TPSA) is 26.0 Å². The summed E-state index contributed by atoms with van der Waals surface area (Å²) in [5.41, 5.74) is -2.57. The molecule has 1 rings (SSSR count).